The Morgan fingerprint density at radius 3 is 2.34 bits per heavy atom. The minimum atomic E-state index is -0.151. The lowest BCUT2D eigenvalue weighted by Crippen LogP contribution is -2.46. The topological polar surface area (TPSA) is 53.0 Å². The number of likely N-dealkylation sites (tertiary alicyclic amines) is 1. The molecule has 158 valence electrons. The van der Waals surface area contributed by atoms with Gasteiger partial charge in [-0.05, 0) is 55.4 Å². The van der Waals surface area contributed by atoms with E-state index in [9.17, 15) is 9.59 Å². The number of urea groups is 1. The Morgan fingerprint density at radius 2 is 1.76 bits per heavy atom. The SMILES string of the molecule is CCC(=O)N1CCC(N(C)C(=O)/N=C/C2CCC(C)(c3ccccc3)CC2)CC1. The standard InChI is InChI=1S/C24H35N3O2/c1-4-22(28)27-16-12-21(13-17-27)26(3)23(29)25-18-19-10-14-24(2,15-11-19)20-8-6-5-7-9-20/h5-9,18-19,21H,4,10-17H2,1-3H3/b25-18+. The zero-order valence-corrected chi connectivity index (χ0v) is 18.1. The number of nitrogens with zero attached hydrogens (tertiary/aromatic N) is 3. The van der Waals surface area contributed by atoms with Crippen molar-refractivity contribution in [1.82, 2.24) is 9.80 Å². The number of rotatable bonds is 4. The van der Waals surface area contributed by atoms with Crippen molar-refractivity contribution in [2.24, 2.45) is 10.9 Å². The molecule has 1 aromatic rings. The van der Waals surface area contributed by atoms with Gasteiger partial charge in [-0.1, -0.05) is 44.2 Å². The zero-order valence-electron chi connectivity index (χ0n) is 18.1. The third-order valence-corrected chi connectivity index (χ3v) is 6.97. The number of hydrogen-bond acceptors (Lipinski definition) is 2. The molecule has 0 atom stereocenters. The average Bonchev–Trinajstić information content (AvgIpc) is 2.78. The van der Waals surface area contributed by atoms with Crippen molar-refractivity contribution in [1.29, 1.82) is 0 Å². The Morgan fingerprint density at radius 1 is 1.14 bits per heavy atom. The molecule has 1 aliphatic heterocycles. The highest BCUT2D eigenvalue weighted by atomic mass is 16.2. The summed E-state index contributed by atoms with van der Waals surface area (Å²) in [6.07, 6.45) is 8.51. The molecule has 3 amide bonds. The van der Waals surface area contributed by atoms with Crippen LogP contribution in [0.5, 0.6) is 0 Å². The molecule has 1 saturated heterocycles. The van der Waals surface area contributed by atoms with Crippen molar-refractivity contribution in [3.05, 3.63) is 35.9 Å². The van der Waals surface area contributed by atoms with E-state index in [1.807, 2.05) is 25.1 Å². The second kappa shape index (κ2) is 9.55. The fourth-order valence-electron chi connectivity index (χ4n) is 4.70. The second-order valence-corrected chi connectivity index (χ2v) is 8.90. The van der Waals surface area contributed by atoms with Crippen LogP contribution in [0.15, 0.2) is 35.3 Å². The number of aliphatic imine (C=N–C) groups is 1. The predicted molar refractivity (Wildman–Crippen MR) is 117 cm³/mol. The quantitative estimate of drug-likeness (QED) is 0.694. The molecule has 0 unspecified atom stereocenters. The maximum Gasteiger partial charge on any atom is 0.343 e. The first kappa shape index (κ1) is 21.5. The van der Waals surface area contributed by atoms with E-state index in [1.54, 1.807) is 4.90 Å². The normalized spacial score (nSPS) is 25.9. The van der Waals surface area contributed by atoms with Crippen LogP contribution in [-0.4, -0.2) is 54.1 Å². The van der Waals surface area contributed by atoms with Crippen molar-refractivity contribution in [3.8, 4) is 0 Å². The Hall–Kier alpha value is -2.17. The van der Waals surface area contributed by atoms with Gasteiger partial charge in [0.25, 0.3) is 0 Å². The number of carbonyl (C=O) groups is 2. The van der Waals surface area contributed by atoms with Crippen LogP contribution in [0.1, 0.15) is 64.4 Å². The Kier molecular flexibility index (Phi) is 7.09. The molecule has 0 aromatic heterocycles. The third kappa shape index (κ3) is 5.26. The molecule has 0 spiro atoms. The van der Waals surface area contributed by atoms with E-state index < -0.39 is 0 Å². The molecule has 1 saturated carbocycles. The summed E-state index contributed by atoms with van der Waals surface area (Å²) in [5, 5.41) is 0. The lowest BCUT2D eigenvalue weighted by molar-refractivity contribution is -0.132. The molecule has 1 heterocycles. The molecule has 1 aromatic carbocycles. The number of carbonyl (C=O) groups excluding carboxylic acids is 2. The van der Waals surface area contributed by atoms with Gasteiger partial charge in [-0.15, -0.1) is 0 Å². The van der Waals surface area contributed by atoms with Crippen molar-refractivity contribution in [2.75, 3.05) is 20.1 Å². The monoisotopic (exact) mass is 397 g/mol. The molecule has 2 aliphatic rings. The van der Waals surface area contributed by atoms with Crippen LogP contribution in [0.4, 0.5) is 4.79 Å². The van der Waals surface area contributed by atoms with E-state index in [4.69, 9.17) is 0 Å². The maximum absolute atomic E-state index is 12.6. The van der Waals surface area contributed by atoms with Crippen LogP contribution in [0.3, 0.4) is 0 Å². The zero-order chi connectivity index (χ0) is 20.9. The van der Waals surface area contributed by atoms with E-state index in [1.165, 1.54) is 5.56 Å². The first-order chi connectivity index (χ1) is 13.9. The van der Waals surface area contributed by atoms with Crippen LogP contribution in [0, 0.1) is 5.92 Å². The van der Waals surface area contributed by atoms with Gasteiger partial charge >= 0.3 is 6.03 Å². The molecule has 0 radical (unpaired) electrons. The highest BCUT2D eigenvalue weighted by Crippen LogP contribution is 2.40. The fourth-order valence-corrected chi connectivity index (χ4v) is 4.70. The largest absolute Gasteiger partial charge is 0.343 e. The summed E-state index contributed by atoms with van der Waals surface area (Å²) in [6.45, 7) is 5.72. The number of amides is 3. The lowest BCUT2D eigenvalue weighted by atomic mass is 9.68. The van der Waals surface area contributed by atoms with E-state index >= 15 is 0 Å². The van der Waals surface area contributed by atoms with Gasteiger partial charge in [-0.2, -0.15) is 0 Å². The number of piperidine rings is 1. The molecule has 5 heteroatoms. The van der Waals surface area contributed by atoms with Crippen molar-refractivity contribution >= 4 is 18.2 Å². The molecule has 0 bridgehead atoms. The molecular formula is C24H35N3O2. The molecular weight excluding hydrogens is 362 g/mol. The molecule has 3 rings (SSSR count). The van der Waals surface area contributed by atoms with E-state index in [2.05, 4.69) is 42.2 Å². The molecule has 0 N–H and O–H groups in total. The van der Waals surface area contributed by atoms with Crippen LogP contribution >= 0.6 is 0 Å². The van der Waals surface area contributed by atoms with Crippen molar-refractivity contribution < 1.29 is 9.59 Å². The highest BCUT2D eigenvalue weighted by molar-refractivity contribution is 5.84. The van der Waals surface area contributed by atoms with Crippen LogP contribution in [0.25, 0.3) is 0 Å². The number of benzene rings is 1. The minimum absolute atomic E-state index is 0.151. The Bertz CT molecular complexity index is 715. The van der Waals surface area contributed by atoms with Crippen molar-refractivity contribution in [2.45, 2.75) is 70.3 Å². The van der Waals surface area contributed by atoms with Gasteiger partial charge in [-0.25, -0.2) is 9.79 Å². The summed E-state index contributed by atoms with van der Waals surface area (Å²) in [4.78, 5) is 32.3. The smallest absolute Gasteiger partial charge is 0.343 e. The Labute approximate surface area is 175 Å². The van der Waals surface area contributed by atoms with Crippen LogP contribution in [-0.2, 0) is 10.2 Å². The molecule has 29 heavy (non-hydrogen) atoms. The van der Waals surface area contributed by atoms with Gasteiger partial charge in [0.05, 0.1) is 0 Å². The minimum Gasteiger partial charge on any atom is -0.343 e. The van der Waals surface area contributed by atoms with Crippen LogP contribution < -0.4 is 0 Å². The summed E-state index contributed by atoms with van der Waals surface area (Å²) < 4.78 is 0. The molecule has 1 aliphatic carbocycles. The van der Waals surface area contributed by atoms with Gasteiger partial charge in [0.1, 0.15) is 0 Å². The van der Waals surface area contributed by atoms with Gasteiger partial charge in [0.15, 0.2) is 0 Å². The summed E-state index contributed by atoms with van der Waals surface area (Å²) in [6, 6.07) is 10.8. The predicted octanol–water partition coefficient (Wildman–Crippen LogP) is 4.66. The molecule has 5 nitrogen and oxygen atoms in total. The highest BCUT2D eigenvalue weighted by Gasteiger charge is 2.32. The van der Waals surface area contributed by atoms with Gasteiger partial charge in [-0.3, -0.25) is 4.79 Å². The summed E-state index contributed by atoms with van der Waals surface area (Å²) in [7, 11) is 1.84. The lowest BCUT2D eigenvalue weighted by Gasteiger charge is -2.37. The first-order valence-corrected chi connectivity index (χ1v) is 11.1. The summed E-state index contributed by atoms with van der Waals surface area (Å²) in [5.41, 5.74) is 1.65. The van der Waals surface area contributed by atoms with E-state index in [0.29, 0.717) is 12.3 Å². The fraction of sp³-hybridized carbons (Fsp3) is 0.625. The van der Waals surface area contributed by atoms with Gasteiger partial charge in [0, 0.05) is 38.8 Å². The van der Waals surface area contributed by atoms with Gasteiger partial charge < -0.3 is 9.80 Å². The second-order valence-electron chi connectivity index (χ2n) is 8.90. The third-order valence-electron chi connectivity index (χ3n) is 6.97. The van der Waals surface area contributed by atoms with Crippen molar-refractivity contribution in [3.63, 3.8) is 0 Å². The summed E-state index contributed by atoms with van der Waals surface area (Å²) in [5.74, 6) is 0.586. The van der Waals surface area contributed by atoms with Crippen LogP contribution in [0.2, 0.25) is 0 Å². The van der Waals surface area contributed by atoms with E-state index in [-0.39, 0.29) is 23.4 Å². The summed E-state index contributed by atoms with van der Waals surface area (Å²) >= 11 is 0. The first-order valence-electron chi connectivity index (χ1n) is 11.1. The number of hydrogen-bond donors (Lipinski definition) is 0. The molecule has 2 fully saturated rings. The Balaban J connectivity index is 1.47. The average molecular weight is 398 g/mol. The maximum atomic E-state index is 12.6. The van der Waals surface area contributed by atoms with E-state index in [0.717, 1.165) is 51.6 Å². The van der Waals surface area contributed by atoms with Gasteiger partial charge in [0.2, 0.25) is 5.91 Å².